The molecule has 0 heterocycles. The number of carbonyl (C=O) groups is 2. The Morgan fingerprint density at radius 3 is 2.48 bits per heavy atom. The minimum Gasteiger partial charge on any atom is -0.478 e. The average Bonchev–Trinajstić information content (AvgIpc) is 2.66. The maximum Gasteiger partial charge on any atom is 0.407 e. The molecular formula is C19H20BrNO6. The van der Waals surface area contributed by atoms with E-state index in [0.717, 1.165) is 5.56 Å². The van der Waals surface area contributed by atoms with E-state index in [1.54, 1.807) is 0 Å². The molecule has 0 radical (unpaired) electrons. The second kappa shape index (κ2) is 10.1. The fraction of sp³-hybridized carbons (Fsp3) is 0.263. The number of aliphatic hydroxyl groups excluding tert-OH is 2. The van der Waals surface area contributed by atoms with E-state index in [1.807, 2.05) is 30.3 Å². The molecule has 7 nitrogen and oxygen atoms in total. The molecule has 2 atom stereocenters. The molecule has 2 unspecified atom stereocenters. The lowest BCUT2D eigenvalue weighted by molar-refractivity contribution is 0.0135. The molecule has 8 heteroatoms. The maximum absolute atomic E-state index is 11.6. The van der Waals surface area contributed by atoms with Gasteiger partial charge in [0.1, 0.15) is 12.7 Å². The number of hydrogen-bond acceptors (Lipinski definition) is 5. The highest BCUT2D eigenvalue weighted by atomic mass is 79.9. The summed E-state index contributed by atoms with van der Waals surface area (Å²) in [4.78, 5) is 22.8. The molecule has 2 aromatic rings. The molecule has 0 bridgehead atoms. The van der Waals surface area contributed by atoms with E-state index in [-0.39, 0.29) is 30.7 Å². The third kappa shape index (κ3) is 6.35. The van der Waals surface area contributed by atoms with E-state index in [9.17, 15) is 19.8 Å². The van der Waals surface area contributed by atoms with Gasteiger partial charge in [0, 0.05) is 11.0 Å². The Labute approximate surface area is 164 Å². The Balaban J connectivity index is 1.79. The number of halogens is 1. The van der Waals surface area contributed by atoms with E-state index >= 15 is 0 Å². The molecule has 0 spiro atoms. The van der Waals surface area contributed by atoms with Crippen molar-refractivity contribution in [2.75, 3.05) is 6.54 Å². The van der Waals surface area contributed by atoms with E-state index < -0.39 is 24.3 Å². The van der Waals surface area contributed by atoms with Crippen LogP contribution in [0, 0.1) is 0 Å². The third-order valence-electron chi connectivity index (χ3n) is 3.85. The zero-order valence-corrected chi connectivity index (χ0v) is 15.9. The van der Waals surface area contributed by atoms with Crippen LogP contribution in [0.4, 0.5) is 4.79 Å². The number of carboxylic acid groups (broad SMARTS) is 1. The minimum absolute atomic E-state index is 0.0126. The van der Waals surface area contributed by atoms with Gasteiger partial charge in [-0.3, -0.25) is 0 Å². The molecule has 0 fully saturated rings. The van der Waals surface area contributed by atoms with Crippen LogP contribution in [-0.2, 0) is 11.3 Å². The second-order valence-corrected chi connectivity index (χ2v) is 6.69. The van der Waals surface area contributed by atoms with Gasteiger partial charge in [-0.05, 0) is 45.6 Å². The molecule has 4 N–H and O–H groups in total. The van der Waals surface area contributed by atoms with Gasteiger partial charge in [0.25, 0.3) is 0 Å². The van der Waals surface area contributed by atoms with Crippen LogP contribution in [0.3, 0.4) is 0 Å². The van der Waals surface area contributed by atoms with Gasteiger partial charge in [0.2, 0.25) is 0 Å². The first kappa shape index (κ1) is 20.9. The number of carbonyl (C=O) groups excluding carboxylic acids is 1. The Kier molecular flexibility index (Phi) is 7.78. The Morgan fingerprint density at radius 1 is 1.11 bits per heavy atom. The van der Waals surface area contributed by atoms with Gasteiger partial charge in [0.15, 0.2) is 0 Å². The highest BCUT2D eigenvalue weighted by Crippen LogP contribution is 2.24. The SMILES string of the molecule is O=C(NCCC(O)C(O)c1ccc(Br)c(C(=O)O)c1)OCc1ccccc1. The van der Waals surface area contributed by atoms with E-state index in [1.165, 1.54) is 18.2 Å². The highest BCUT2D eigenvalue weighted by Gasteiger charge is 2.20. The lowest BCUT2D eigenvalue weighted by Crippen LogP contribution is -2.29. The standard InChI is InChI=1S/C19H20BrNO6/c20-15-7-6-13(10-14(15)18(24)25)17(23)16(22)8-9-21-19(26)27-11-12-4-2-1-3-5-12/h1-7,10,16-17,22-23H,8-9,11H2,(H,21,26)(H,24,25). The molecule has 1 amide bonds. The predicted molar refractivity (Wildman–Crippen MR) is 101 cm³/mol. The van der Waals surface area contributed by atoms with Crippen LogP contribution in [-0.4, -0.2) is 40.0 Å². The quantitative estimate of drug-likeness (QED) is 0.504. The summed E-state index contributed by atoms with van der Waals surface area (Å²) in [5.41, 5.74) is 1.11. The summed E-state index contributed by atoms with van der Waals surface area (Å²) in [5.74, 6) is -1.15. The Bertz CT molecular complexity index is 783. The van der Waals surface area contributed by atoms with E-state index in [0.29, 0.717) is 4.47 Å². The largest absolute Gasteiger partial charge is 0.478 e. The normalized spacial score (nSPS) is 12.9. The van der Waals surface area contributed by atoms with Gasteiger partial charge in [-0.15, -0.1) is 0 Å². The lowest BCUT2D eigenvalue weighted by Gasteiger charge is -2.19. The summed E-state index contributed by atoms with van der Waals surface area (Å²) in [7, 11) is 0. The van der Waals surface area contributed by atoms with Crippen LogP contribution in [0.1, 0.15) is 34.0 Å². The van der Waals surface area contributed by atoms with Crippen molar-refractivity contribution in [1.29, 1.82) is 0 Å². The van der Waals surface area contributed by atoms with Crippen molar-refractivity contribution in [3.63, 3.8) is 0 Å². The molecular weight excluding hydrogens is 418 g/mol. The van der Waals surface area contributed by atoms with Crippen LogP contribution in [0.5, 0.6) is 0 Å². The fourth-order valence-electron chi connectivity index (χ4n) is 2.37. The number of carboxylic acids is 1. The van der Waals surface area contributed by atoms with Crippen LogP contribution in [0.2, 0.25) is 0 Å². The van der Waals surface area contributed by atoms with Gasteiger partial charge in [0.05, 0.1) is 11.7 Å². The van der Waals surface area contributed by atoms with Gasteiger partial charge in [-0.1, -0.05) is 36.4 Å². The number of aliphatic hydroxyl groups is 2. The first-order chi connectivity index (χ1) is 12.9. The number of aromatic carboxylic acids is 1. The topological polar surface area (TPSA) is 116 Å². The minimum atomic E-state index is -1.28. The molecule has 0 saturated carbocycles. The van der Waals surface area contributed by atoms with Crippen LogP contribution in [0.15, 0.2) is 53.0 Å². The summed E-state index contributed by atoms with van der Waals surface area (Å²) in [6, 6.07) is 13.5. The number of rotatable bonds is 8. The number of amides is 1. The predicted octanol–water partition coefficient (Wildman–Crippen LogP) is 2.86. The second-order valence-electron chi connectivity index (χ2n) is 5.83. The van der Waals surface area contributed by atoms with Gasteiger partial charge < -0.3 is 25.4 Å². The maximum atomic E-state index is 11.6. The summed E-state index contributed by atoms with van der Waals surface area (Å²) < 4.78 is 5.42. The van der Waals surface area contributed by atoms with Crippen molar-refractivity contribution in [2.45, 2.75) is 25.2 Å². The van der Waals surface area contributed by atoms with E-state index in [4.69, 9.17) is 9.84 Å². The zero-order chi connectivity index (χ0) is 19.8. The molecule has 2 aromatic carbocycles. The number of ether oxygens (including phenoxy) is 1. The van der Waals surface area contributed by atoms with Crippen molar-refractivity contribution < 1.29 is 29.6 Å². The smallest absolute Gasteiger partial charge is 0.407 e. The number of alkyl carbamates (subject to hydrolysis) is 1. The van der Waals surface area contributed by atoms with E-state index in [2.05, 4.69) is 21.2 Å². The first-order valence-electron chi connectivity index (χ1n) is 8.22. The number of nitrogens with one attached hydrogen (secondary N) is 1. The molecule has 0 aliphatic heterocycles. The lowest BCUT2D eigenvalue weighted by atomic mass is 10.00. The summed E-state index contributed by atoms with van der Waals surface area (Å²) in [5, 5.41) is 31.9. The third-order valence-corrected chi connectivity index (χ3v) is 4.54. The molecule has 144 valence electrons. The molecule has 2 rings (SSSR count). The van der Waals surface area contributed by atoms with Crippen LogP contribution < -0.4 is 5.32 Å². The van der Waals surface area contributed by atoms with Gasteiger partial charge in [-0.25, -0.2) is 9.59 Å². The zero-order valence-electron chi connectivity index (χ0n) is 14.3. The van der Waals surface area contributed by atoms with Crippen molar-refractivity contribution in [2.24, 2.45) is 0 Å². The summed E-state index contributed by atoms with van der Waals surface area (Å²) in [6.45, 7) is 0.225. The van der Waals surface area contributed by atoms with Crippen molar-refractivity contribution in [1.82, 2.24) is 5.32 Å². The first-order valence-corrected chi connectivity index (χ1v) is 9.01. The average molecular weight is 438 g/mol. The molecule has 0 aromatic heterocycles. The Hall–Kier alpha value is -2.42. The van der Waals surface area contributed by atoms with Crippen molar-refractivity contribution >= 4 is 28.0 Å². The molecule has 0 aliphatic carbocycles. The van der Waals surface area contributed by atoms with Gasteiger partial charge >= 0.3 is 12.1 Å². The summed E-state index contributed by atoms with van der Waals surface area (Å²) in [6.07, 6.45) is -3.02. The number of benzene rings is 2. The number of hydrogen-bond donors (Lipinski definition) is 4. The molecule has 0 saturated heterocycles. The highest BCUT2D eigenvalue weighted by molar-refractivity contribution is 9.10. The van der Waals surface area contributed by atoms with Crippen LogP contribution in [0.25, 0.3) is 0 Å². The monoisotopic (exact) mass is 437 g/mol. The summed E-state index contributed by atoms with van der Waals surface area (Å²) >= 11 is 3.12. The van der Waals surface area contributed by atoms with Crippen LogP contribution >= 0.6 is 15.9 Å². The van der Waals surface area contributed by atoms with Gasteiger partial charge in [-0.2, -0.15) is 0 Å². The Morgan fingerprint density at radius 2 is 1.81 bits per heavy atom. The molecule has 27 heavy (non-hydrogen) atoms. The van der Waals surface area contributed by atoms with Crippen molar-refractivity contribution in [3.05, 3.63) is 69.7 Å². The fourth-order valence-corrected chi connectivity index (χ4v) is 2.78. The molecule has 0 aliphatic rings. The van der Waals surface area contributed by atoms with Crippen molar-refractivity contribution in [3.8, 4) is 0 Å².